The van der Waals surface area contributed by atoms with Crippen molar-refractivity contribution in [2.24, 2.45) is 5.73 Å². The highest BCUT2D eigenvalue weighted by Gasteiger charge is 2.14. The topological polar surface area (TPSA) is 43.8 Å². The third kappa shape index (κ3) is 2.49. The maximum atomic E-state index is 6.03. The summed E-state index contributed by atoms with van der Waals surface area (Å²) in [7, 11) is 0. The van der Waals surface area contributed by atoms with Crippen molar-refractivity contribution in [2.75, 3.05) is 0 Å². The van der Waals surface area contributed by atoms with Crippen molar-refractivity contribution in [1.29, 1.82) is 0 Å². The summed E-state index contributed by atoms with van der Waals surface area (Å²) in [6.07, 6.45) is 3.71. The number of imidazole rings is 1. The molecule has 0 bridgehead atoms. The lowest BCUT2D eigenvalue weighted by atomic mass is 10.1. The number of hydrogen-bond acceptors (Lipinski definition) is 2. The van der Waals surface area contributed by atoms with Crippen LogP contribution in [0.4, 0.5) is 0 Å². The van der Waals surface area contributed by atoms with Crippen LogP contribution in [-0.4, -0.2) is 15.1 Å². The highest BCUT2D eigenvalue weighted by atomic mass is 15.1. The van der Waals surface area contributed by atoms with Gasteiger partial charge in [0.1, 0.15) is 0 Å². The van der Waals surface area contributed by atoms with E-state index in [1.54, 1.807) is 0 Å². The number of nitrogens with zero attached hydrogens (tertiary/aromatic N) is 2. The first-order valence-electron chi connectivity index (χ1n) is 5.41. The maximum absolute atomic E-state index is 6.03. The molecule has 0 radical (unpaired) electrons. The predicted octanol–water partition coefficient (Wildman–Crippen LogP) is 2.29. The number of rotatable bonds is 3. The van der Waals surface area contributed by atoms with E-state index in [1.807, 2.05) is 44.6 Å². The minimum absolute atomic E-state index is 0.232. The van der Waals surface area contributed by atoms with Gasteiger partial charge in [-0.3, -0.25) is 0 Å². The lowest BCUT2D eigenvalue weighted by Gasteiger charge is -2.20. The molecule has 84 valence electrons. The Hall–Kier alpha value is -1.61. The van der Waals surface area contributed by atoms with Crippen molar-refractivity contribution in [3.63, 3.8) is 0 Å². The fourth-order valence-corrected chi connectivity index (χ4v) is 1.74. The van der Waals surface area contributed by atoms with Crippen LogP contribution in [0.5, 0.6) is 0 Å². The third-order valence-electron chi connectivity index (χ3n) is 2.36. The van der Waals surface area contributed by atoms with E-state index in [4.69, 9.17) is 5.73 Å². The molecule has 2 aromatic rings. The van der Waals surface area contributed by atoms with Crippen molar-refractivity contribution in [1.82, 2.24) is 9.55 Å². The van der Waals surface area contributed by atoms with Crippen molar-refractivity contribution in [3.8, 4) is 11.3 Å². The number of hydrogen-bond donors (Lipinski definition) is 1. The lowest BCUT2D eigenvalue weighted by molar-refractivity contribution is 0.436. The van der Waals surface area contributed by atoms with E-state index in [-0.39, 0.29) is 5.54 Å². The van der Waals surface area contributed by atoms with Crippen molar-refractivity contribution in [2.45, 2.75) is 25.9 Å². The molecule has 2 N–H and O–H groups in total. The van der Waals surface area contributed by atoms with Crippen LogP contribution in [-0.2, 0) is 6.54 Å². The largest absolute Gasteiger partial charge is 0.329 e. The molecule has 0 amide bonds. The average molecular weight is 215 g/mol. The average Bonchev–Trinajstić information content (AvgIpc) is 2.64. The van der Waals surface area contributed by atoms with Gasteiger partial charge in [0.2, 0.25) is 0 Å². The van der Waals surface area contributed by atoms with Gasteiger partial charge in [-0.2, -0.15) is 0 Å². The van der Waals surface area contributed by atoms with Gasteiger partial charge in [0.15, 0.2) is 0 Å². The van der Waals surface area contributed by atoms with Crippen LogP contribution in [0.2, 0.25) is 0 Å². The van der Waals surface area contributed by atoms with Crippen LogP contribution in [0.1, 0.15) is 13.8 Å². The zero-order valence-electron chi connectivity index (χ0n) is 9.72. The molecule has 0 saturated heterocycles. The fraction of sp³-hybridized carbons (Fsp3) is 0.308. The highest BCUT2D eigenvalue weighted by Crippen LogP contribution is 2.19. The fourth-order valence-electron chi connectivity index (χ4n) is 1.74. The monoisotopic (exact) mass is 215 g/mol. The number of nitrogens with two attached hydrogens (primary N) is 1. The zero-order chi connectivity index (χ0) is 11.6. The molecule has 0 saturated carbocycles. The van der Waals surface area contributed by atoms with Crippen LogP contribution in [0.25, 0.3) is 11.3 Å². The summed E-state index contributed by atoms with van der Waals surface area (Å²) < 4.78 is 2.09. The van der Waals surface area contributed by atoms with Crippen LogP contribution in [0.15, 0.2) is 42.9 Å². The summed E-state index contributed by atoms with van der Waals surface area (Å²) in [6.45, 7) is 4.79. The van der Waals surface area contributed by atoms with Crippen molar-refractivity contribution in [3.05, 3.63) is 42.9 Å². The second-order valence-electron chi connectivity index (χ2n) is 4.76. The zero-order valence-corrected chi connectivity index (χ0v) is 9.72. The Balaban J connectivity index is 2.33. The first-order chi connectivity index (χ1) is 7.56. The molecule has 0 unspecified atom stereocenters. The Morgan fingerprint density at radius 3 is 2.56 bits per heavy atom. The summed E-state index contributed by atoms with van der Waals surface area (Å²) in [4.78, 5) is 4.19. The molecule has 0 fully saturated rings. The molecule has 0 atom stereocenters. The maximum Gasteiger partial charge on any atom is 0.0951 e. The smallest absolute Gasteiger partial charge is 0.0951 e. The van der Waals surface area contributed by atoms with Gasteiger partial charge in [0.25, 0.3) is 0 Å². The molecule has 0 aliphatic heterocycles. The van der Waals surface area contributed by atoms with Crippen molar-refractivity contribution >= 4 is 0 Å². The van der Waals surface area contributed by atoms with Crippen LogP contribution in [0, 0.1) is 0 Å². The van der Waals surface area contributed by atoms with Gasteiger partial charge in [-0.05, 0) is 19.4 Å². The first-order valence-corrected chi connectivity index (χ1v) is 5.41. The standard InChI is InChI=1S/C13H17N3/c1-13(2,14)9-16-10-15-8-12(16)11-6-4-3-5-7-11/h3-8,10H,9,14H2,1-2H3. The van der Waals surface area contributed by atoms with E-state index in [1.165, 1.54) is 5.56 Å². The molecule has 16 heavy (non-hydrogen) atoms. The van der Waals surface area contributed by atoms with Crippen LogP contribution in [0.3, 0.4) is 0 Å². The summed E-state index contributed by atoms with van der Waals surface area (Å²) in [6, 6.07) is 10.2. The molecule has 3 nitrogen and oxygen atoms in total. The van der Waals surface area contributed by atoms with E-state index in [2.05, 4.69) is 21.7 Å². The molecule has 1 heterocycles. The Morgan fingerprint density at radius 1 is 1.25 bits per heavy atom. The second kappa shape index (κ2) is 4.10. The van der Waals surface area contributed by atoms with E-state index in [9.17, 15) is 0 Å². The van der Waals surface area contributed by atoms with Crippen LogP contribution < -0.4 is 5.73 Å². The minimum atomic E-state index is -0.232. The van der Waals surface area contributed by atoms with E-state index in [0.29, 0.717) is 0 Å². The molecule has 3 heteroatoms. The first kappa shape index (κ1) is 10.9. The van der Waals surface area contributed by atoms with Gasteiger partial charge in [0, 0.05) is 12.1 Å². The van der Waals surface area contributed by atoms with Gasteiger partial charge < -0.3 is 10.3 Å². The van der Waals surface area contributed by atoms with Gasteiger partial charge in [-0.25, -0.2) is 4.98 Å². The molecule has 1 aromatic carbocycles. The number of aromatic nitrogens is 2. The van der Waals surface area contributed by atoms with Gasteiger partial charge in [-0.15, -0.1) is 0 Å². The molecule has 1 aromatic heterocycles. The lowest BCUT2D eigenvalue weighted by Crippen LogP contribution is -2.37. The molecule has 2 rings (SSSR count). The summed E-state index contributed by atoms with van der Waals surface area (Å²) in [5.74, 6) is 0. The summed E-state index contributed by atoms with van der Waals surface area (Å²) in [5.41, 5.74) is 8.07. The molecule has 0 spiro atoms. The SMILES string of the molecule is CC(C)(N)Cn1cncc1-c1ccccc1. The van der Waals surface area contributed by atoms with Gasteiger partial charge in [0.05, 0.1) is 18.2 Å². The van der Waals surface area contributed by atoms with Gasteiger partial charge >= 0.3 is 0 Å². The Morgan fingerprint density at radius 2 is 1.94 bits per heavy atom. The highest BCUT2D eigenvalue weighted by molar-refractivity contribution is 5.58. The number of benzene rings is 1. The second-order valence-corrected chi connectivity index (χ2v) is 4.76. The Kier molecular flexibility index (Phi) is 2.79. The normalized spacial score (nSPS) is 11.7. The Labute approximate surface area is 95.9 Å². The van der Waals surface area contributed by atoms with Crippen LogP contribution >= 0.6 is 0 Å². The predicted molar refractivity (Wildman–Crippen MR) is 65.9 cm³/mol. The van der Waals surface area contributed by atoms with Crippen molar-refractivity contribution < 1.29 is 0 Å². The molecule has 0 aliphatic carbocycles. The Bertz CT molecular complexity index is 452. The quantitative estimate of drug-likeness (QED) is 0.853. The summed E-state index contributed by atoms with van der Waals surface area (Å²) >= 11 is 0. The van der Waals surface area contributed by atoms with E-state index >= 15 is 0 Å². The van der Waals surface area contributed by atoms with E-state index in [0.717, 1.165) is 12.2 Å². The van der Waals surface area contributed by atoms with E-state index < -0.39 is 0 Å². The van der Waals surface area contributed by atoms with Gasteiger partial charge in [-0.1, -0.05) is 30.3 Å². The summed E-state index contributed by atoms with van der Waals surface area (Å²) in [5, 5.41) is 0. The molecule has 0 aliphatic rings. The minimum Gasteiger partial charge on any atom is -0.329 e. The molecular weight excluding hydrogens is 198 g/mol. The molecular formula is C13H17N3. The third-order valence-corrected chi connectivity index (χ3v) is 2.36.